The van der Waals surface area contributed by atoms with Crippen LogP contribution >= 0.6 is 11.8 Å². The summed E-state index contributed by atoms with van der Waals surface area (Å²) in [6.45, 7) is 1.48. The van der Waals surface area contributed by atoms with Gasteiger partial charge in [0.2, 0.25) is 0 Å². The van der Waals surface area contributed by atoms with E-state index in [4.69, 9.17) is 5.73 Å². The number of hydrogen-bond acceptors (Lipinski definition) is 5. The Bertz CT molecular complexity index is 367. The number of aliphatic hydroxyl groups excluding tert-OH is 2. The molecule has 0 bridgehead atoms. The van der Waals surface area contributed by atoms with E-state index >= 15 is 0 Å². The van der Waals surface area contributed by atoms with Crippen molar-refractivity contribution < 1.29 is 15.0 Å². The van der Waals surface area contributed by atoms with Crippen molar-refractivity contribution in [2.75, 3.05) is 11.5 Å². The van der Waals surface area contributed by atoms with Gasteiger partial charge >= 0.3 is 0 Å². The second-order valence-corrected chi connectivity index (χ2v) is 5.08. The fraction of sp³-hybridized carbons (Fsp3) is 0.417. The van der Waals surface area contributed by atoms with Crippen LogP contribution in [0, 0.1) is 0 Å². The van der Waals surface area contributed by atoms with Gasteiger partial charge in [-0.15, -0.1) is 0 Å². The smallest absolute Gasteiger partial charge is 0.185 e. The minimum absolute atomic E-state index is 0.0131. The summed E-state index contributed by atoms with van der Waals surface area (Å²) in [5.41, 5.74) is 6.77. The molecule has 4 N–H and O–H groups in total. The number of nitrogen functional groups attached to an aromatic ring is 1. The molecule has 94 valence electrons. The molecule has 0 heterocycles. The quantitative estimate of drug-likeness (QED) is 0.691. The van der Waals surface area contributed by atoms with Gasteiger partial charge in [-0.05, 0) is 24.1 Å². The SMILES string of the molecule is CC(=O)SCCC(O)C(O)c1ccc(N)cc1. The maximum absolute atomic E-state index is 10.7. The number of rotatable bonds is 5. The Balaban J connectivity index is 2.48. The Morgan fingerprint density at radius 1 is 1.35 bits per heavy atom. The first-order valence-corrected chi connectivity index (χ1v) is 6.34. The van der Waals surface area contributed by atoms with Gasteiger partial charge in [0.25, 0.3) is 0 Å². The van der Waals surface area contributed by atoms with E-state index in [9.17, 15) is 15.0 Å². The summed E-state index contributed by atoms with van der Waals surface area (Å²) >= 11 is 1.14. The van der Waals surface area contributed by atoms with E-state index < -0.39 is 12.2 Å². The molecule has 1 aromatic carbocycles. The summed E-state index contributed by atoms with van der Waals surface area (Å²) < 4.78 is 0. The summed E-state index contributed by atoms with van der Waals surface area (Å²) in [5.74, 6) is 0.503. The van der Waals surface area contributed by atoms with Crippen LogP contribution in [0.1, 0.15) is 25.0 Å². The number of carbonyl (C=O) groups is 1. The summed E-state index contributed by atoms with van der Waals surface area (Å²) in [7, 11) is 0. The molecule has 2 atom stereocenters. The molecule has 5 heteroatoms. The maximum Gasteiger partial charge on any atom is 0.185 e. The van der Waals surface area contributed by atoms with Gasteiger partial charge < -0.3 is 15.9 Å². The van der Waals surface area contributed by atoms with Crippen LogP contribution in [-0.2, 0) is 4.79 Å². The molecule has 0 spiro atoms. The predicted octanol–water partition coefficient (Wildman–Crippen LogP) is 1.33. The van der Waals surface area contributed by atoms with Gasteiger partial charge in [0.1, 0.15) is 6.10 Å². The van der Waals surface area contributed by atoms with Crippen molar-refractivity contribution in [1.82, 2.24) is 0 Å². The first-order chi connectivity index (χ1) is 8.00. The Hall–Kier alpha value is -1.04. The summed E-state index contributed by atoms with van der Waals surface area (Å²) in [6.07, 6.45) is -1.44. The zero-order valence-corrected chi connectivity index (χ0v) is 10.5. The predicted molar refractivity (Wildman–Crippen MR) is 69.6 cm³/mol. The van der Waals surface area contributed by atoms with E-state index in [1.807, 2.05) is 0 Å². The van der Waals surface area contributed by atoms with Crippen LogP contribution in [0.15, 0.2) is 24.3 Å². The Morgan fingerprint density at radius 3 is 2.47 bits per heavy atom. The van der Waals surface area contributed by atoms with Gasteiger partial charge in [-0.25, -0.2) is 0 Å². The molecule has 0 aliphatic heterocycles. The van der Waals surface area contributed by atoms with Gasteiger partial charge in [-0.2, -0.15) is 0 Å². The highest BCUT2D eigenvalue weighted by Gasteiger charge is 2.18. The third-order valence-electron chi connectivity index (χ3n) is 2.36. The van der Waals surface area contributed by atoms with E-state index in [1.54, 1.807) is 24.3 Å². The van der Waals surface area contributed by atoms with Gasteiger partial charge in [-0.3, -0.25) is 4.79 Å². The molecule has 4 nitrogen and oxygen atoms in total. The second-order valence-electron chi connectivity index (χ2n) is 3.81. The van der Waals surface area contributed by atoms with E-state index in [1.165, 1.54) is 6.92 Å². The molecule has 0 aliphatic carbocycles. The summed E-state index contributed by atoms with van der Waals surface area (Å²) in [5, 5.41) is 19.6. The molecule has 0 saturated heterocycles. The minimum atomic E-state index is -0.942. The lowest BCUT2D eigenvalue weighted by molar-refractivity contribution is -0.109. The Morgan fingerprint density at radius 2 is 1.94 bits per heavy atom. The number of carbonyl (C=O) groups excluding carboxylic acids is 1. The van der Waals surface area contributed by atoms with E-state index in [2.05, 4.69) is 0 Å². The first kappa shape index (κ1) is 14.0. The van der Waals surface area contributed by atoms with Crippen LogP contribution in [0.4, 0.5) is 5.69 Å². The van der Waals surface area contributed by atoms with Crippen LogP contribution in [0.3, 0.4) is 0 Å². The Labute approximate surface area is 105 Å². The number of anilines is 1. The average Bonchev–Trinajstić information content (AvgIpc) is 2.28. The summed E-state index contributed by atoms with van der Waals surface area (Å²) in [6, 6.07) is 6.72. The standard InChI is InChI=1S/C12H17NO3S/c1-8(14)17-7-6-11(15)12(16)9-2-4-10(13)5-3-9/h2-5,11-12,15-16H,6-7,13H2,1H3. The van der Waals surface area contributed by atoms with Crippen LogP contribution < -0.4 is 5.73 Å². The highest BCUT2D eigenvalue weighted by Crippen LogP contribution is 2.21. The molecule has 1 aromatic rings. The van der Waals surface area contributed by atoms with E-state index in [-0.39, 0.29) is 5.12 Å². The van der Waals surface area contributed by atoms with Crippen molar-refractivity contribution in [3.05, 3.63) is 29.8 Å². The fourth-order valence-corrected chi connectivity index (χ4v) is 2.04. The third kappa shape index (κ3) is 4.77. The van der Waals surface area contributed by atoms with Gasteiger partial charge in [0, 0.05) is 18.4 Å². The maximum atomic E-state index is 10.7. The highest BCUT2D eigenvalue weighted by atomic mass is 32.2. The van der Waals surface area contributed by atoms with Crippen LogP contribution in [0.5, 0.6) is 0 Å². The fourth-order valence-electron chi connectivity index (χ4n) is 1.40. The van der Waals surface area contributed by atoms with Crippen LogP contribution in [0.25, 0.3) is 0 Å². The van der Waals surface area contributed by atoms with Crippen molar-refractivity contribution in [3.63, 3.8) is 0 Å². The van der Waals surface area contributed by atoms with Crippen LogP contribution in [0.2, 0.25) is 0 Å². The first-order valence-electron chi connectivity index (χ1n) is 5.35. The number of benzene rings is 1. The summed E-state index contributed by atoms with van der Waals surface area (Å²) in [4.78, 5) is 10.7. The molecule has 17 heavy (non-hydrogen) atoms. The molecular weight excluding hydrogens is 238 g/mol. The van der Waals surface area contributed by atoms with Crippen molar-refractivity contribution in [1.29, 1.82) is 0 Å². The van der Waals surface area contributed by atoms with Crippen molar-refractivity contribution >= 4 is 22.6 Å². The molecule has 0 fully saturated rings. The largest absolute Gasteiger partial charge is 0.399 e. The number of nitrogens with two attached hydrogens (primary N) is 1. The number of hydrogen-bond donors (Lipinski definition) is 3. The van der Waals surface area contributed by atoms with Crippen molar-refractivity contribution in [2.24, 2.45) is 0 Å². The molecule has 2 unspecified atom stereocenters. The van der Waals surface area contributed by atoms with Gasteiger partial charge in [0.15, 0.2) is 5.12 Å². The lowest BCUT2D eigenvalue weighted by atomic mass is 10.0. The lowest BCUT2D eigenvalue weighted by Gasteiger charge is -2.17. The molecule has 0 amide bonds. The lowest BCUT2D eigenvalue weighted by Crippen LogP contribution is -2.19. The monoisotopic (exact) mass is 255 g/mol. The zero-order chi connectivity index (χ0) is 12.8. The second kappa shape index (κ2) is 6.64. The molecule has 1 rings (SSSR count). The normalized spacial score (nSPS) is 14.3. The van der Waals surface area contributed by atoms with E-state index in [0.717, 1.165) is 11.8 Å². The molecule has 0 aromatic heterocycles. The van der Waals surface area contributed by atoms with Gasteiger partial charge in [-0.1, -0.05) is 23.9 Å². The number of thioether (sulfide) groups is 1. The van der Waals surface area contributed by atoms with Crippen molar-refractivity contribution in [2.45, 2.75) is 25.6 Å². The van der Waals surface area contributed by atoms with Crippen LogP contribution in [-0.4, -0.2) is 27.2 Å². The number of aliphatic hydroxyl groups is 2. The molecule has 0 radical (unpaired) electrons. The highest BCUT2D eigenvalue weighted by molar-refractivity contribution is 8.13. The average molecular weight is 255 g/mol. The molecular formula is C12H17NO3S. The zero-order valence-electron chi connectivity index (χ0n) is 9.67. The van der Waals surface area contributed by atoms with Crippen molar-refractivity contribution in [3.8, 4) is 0 Å². The molecule has 0 aliphatic rings. The topological polar surface area (TPSA) is 83.5 Å². The Kier molecular flexibility index (Phi) is 5.47. The van der Waals surface area contributed by atoms with Gasteiger partial charge in [0.05, 0.1) is 6.10 Å². The minimum Gasteiger partial charge on any atom is -0.399 e. The van der Waals surface area contributed by atoms with E-state index in [0.29, 0.717) is 23.4 Å². The molecule has 0 saturated carbocycles. The third-order valence-corrected chi connectivity index (χ3v) is 3.21.